The molecule has 0 bridgehead atoms. The predicted octanol–water partition coefficient (Wildman–Crippen LogP) is 3.53. The van der Waals surface area contributed by atoms with E-state index in [4.69, 9.17) is 0 Å². The average molecular weight is 458 g/mol. The Labute approximate surface area is 192 Å². The number of nitrogens with one attached hydrogen (secondary N) is 2. The molecule has 3 amide bonds. The second kappa shape index (κ2) is 11.0. The number of piperidine rings is 1. The van der Waals surface area contributed by atoms with Crippen molar-refractivity contribution in [1.29, 1.82) is 0 Å². The minimum absolute atomic E-state index is 0.0782. The molecule has 0 aliphatic carbocycles. The fourth-order valence-corrected chi connectivity index (χ4v) is 3.91. The van der Waals surface area contributed by atoms with Gasteiger partial charge >= 0.3 is 0 Å². The third-order valence-corrected chi connectivity index (χ3v) is 6.08. The maximum Gasteiger partial charge on any atom is 0.254 e. The molecular weight excluding hydrogens is 428 g/mol. The van der Waals surface area contributed by atoms with E-state index in [0.29, 0.717) is 31.5 Å². The Hall–Kier alpha value is -3.29. The number of hydrogen-bond donors (Lipinski definition) is 2. The molecule has 2 N–H and O–H groups in total. The molecule has 8 heteroatoms. The normalized spacial score (nSPS) is 16.1. The Bertz CT molecular complexity index is 989. The van der Waals surface area contributed by atoms with Crippen LogP contribution in [0.4, 0.5) is 8.78 Å². The predicted molar refractivity (Wildman–Crippen MR) is 121 cm³/mol. The molecular formula is C25H29F2N3O3. The monoisotopic (exact) mass is 457 g/mol. The van der Waals surface area contributed by atoms with Gasteiger partial charge in [0.05, 0.1) is 5.56 Å². The second-order valence-corrected chi connectivity index (χ2v) is 8.39. The van der Waals surface area contributed by atoms with Crippen LogP contribution < -0.4 is 10.6 Å². The first-order valence-corrected chi connectivity index (χ1v) is 11.2. The van der Waals surface area contributed by atoms with Crippen molar-refractivity contribution in [2.75, 3.05) is 13.1 Å². The van der Waals surface area contributed by atoms with Crippen molar-refractivity contribution >= 4 is 17.7 Å². The molecule has 2 atom stereocenters. The van der Waals surface area contributed by atoms with Crippen LogP contribution in [0.2, 0.25) is 0 Å². The number of rotatable bonds is 7. The summed E-state index contributed by atoms with van der Waals surface area (Å²) in [5.41, 5.74) is 0.275. The van der Waals surface area contributed by atoms with Crippen molar-refractivity contribution in [3.8, 4) is 0 Å². The summed E-state index contributed by atoms with van der Waals surface area (Å²) in [4.78, 5) is 40.1. The first kappa shape index (κ1) is 24.4. The number of benzene rings is 2. The second-order valence-electron chi connectivity index (χ2n) is 8.39. The van der Waals surface area contributed by atoms with Gasteiger partial charge in [-0.05, 0) is 68.5 Å². The van der Waals surface area contributed by atoms with E-state index in [2.05, 4.69) is 10.6 Å². The topological polar surface area (TPSA) is 78.5 Å². The summed E-state index contributed by atoms with van der Waals surface area (Å²) < 4.78 is 27.3. The highest BCUT2D eigenvalue weighted by molar-refractivity contribution is 5.98. The zero-order chi connectivity index (χ0) is 24.0. The number of likely N-dealkylation sites (tertiary alicyclic amines) is 1. The van der Waals surface area contributed by atoms with Crippen molar-refractivity contribution in [3.63, 3.8) is 0 Å². The Balaban J connectivity index is 1.71. The van der Waals surface area contributed by atoms with Crippen molar-refractivity contribution in [2.24, 2.45) is 5.92 Å². The van der Waals surface area contributed by atoms with E-state index in [1.54, 1.807) is 11.0 Å². The molecule has 33 heavy (non-hydrogen) atoms. The first-order valence-electron chi connectivity index (χ1n) is 11.2. The molecule has 0 radical (unpaired) electrons. The molecule has 2 unspecified atom stereocenters. The number of carbonyl (C=O) groups excluding carboxylic acids is 3. The van der Waals surface area contributed by atoms with Crippen LogP contribution in [-0.2, 0) is 4.79 Å². The highest BCUT2D eigenvalue weighted by atomic mass is 19.1. The van der Waals surface area contributed by atoms with Crippen LogP contribution in [0.25, 0.3) is 0 Å². The number of nitrogens with zero attached hydrogens (tertiary/aromatic N) is 1. The summed E-state index contributed by atoms with van der Waals surface area (Å²) in [7, 11) is 0. The molecule has 1 saturated heterocycles. The lowest BCUT2D eigenvalue weighted by molar-refractivity contribution is -0.125. The van der Waals surface area contributed by atoms with E-state index in [1.165, 1.54) is 42.5 Å². The van der Waals surface area contributed by atoms with Crippen LogP contribution in [0, 0.1) is 17.6 Å². The summed E-state index contributed by atoms with van der Waals surface area (Å²) in [5.74, 6) is -2.46. The minimum atomic E-state index is -0.853. The lowest BCUT2D eigenvalue weighted by Crippen LogP contribution is -2.55. The van der Waals surface area contributed by atoms with E-state index in [-0.39, 0.29) is 29.3 Å². The summed E-state index contributed by atoms with van der Waals surface area (Å²) in [5, 5.41) is 5.62. The van der Waals surface area contributed by atoms with E-state index in [9.17, 15) is 23.2 Å². The minimum Gasteiger partial charge on any atom is -0.352 e. The lowest BCUT2D eigenvalue weighted by Gasteiger charge is -2.36. The summed E-state index contributed by atoms with van der Waals surface area (Å²) in [6, 6.07) is 10.1. The standard InChI is InChI=1S/C25H29F2N3O3/c1-3-16(2)28-24(32)22(29-23(31)20-6-4-5-7-21(20)27)17-12-14-30(15-13-17)25(33)18-8-10-19(26)11-9-18/h4-11,16-17,22H,3,12-15H2,1-2H3,(H,28,32)(H,29,31). The van der Waals surface area contributed by atoms with Gasteiger partial charge in [0.15, 0.2) is 0 Å². The van der Waals surface area contributed by atoms with Crippen LogP contribution in [0.1, 0.15) is 53.8 Å². The van der Waals surface area contributed by atoms with Gasteiger partial charge in [0.1, 0.15) is 17.7 Å². The average Bonchev–Trinajstić information content (AvgIpc) is 2.82. The summed E-state index contributed by atoms with van der Waals surface area (Å²) in [6.07, 6.45) is 1.70. The molecule has 176 valence electrons. The highest BCUT2D eigenvalue weighted by Crippen LogP contribution is 2.23. The SMILES string of the molecule is CCC(C)NC(=O)C(NC(=O)c1ccccc1F)C1CCN(C(=O)c2ccc(F)cc2)CC1. The fraction of sp³-hybridized carbons (Fsp3) is 0.400. The first-order chi connectivity index (χ1) is 15.8. The number of halogens is 2. The van der Waals surface area contributed by atoms with Crippen molar-refractivity contribution in [1.82, 2.24) is 15.5 Å². The van der Waals surface area contributed by atoms with Gasteiger partial charge in [-0.1, -0.05) is 19.1 Å². The molecule has 1 aliphatic heterocycles. The van der Waals surface area contributed by atoms with Gasteiger partial charge in [0, 0.05) is 24.7 Å². The number of amides is 3. The van der Waals surface area contributed by atoms with Crippen molar-refractivity contribution in [2.45, 2.75) is 45.2 Å². The maximum atomic E-state index is 14.1. The van der Waals surface area contributed by atoms with Gasteiger partial charge in [-0.2, -0.15) is 0 Å². The van der Waals surface area contributed by atoms with Gasteiger partial charge in [-0.15, -0.1) is 0 Å². The van der Waals surface area contributed by atoms with Crippen LogP contribution >= 0.6 is 0 Å². The fourth-order valence-electron chi connectivity index (χ4n) is 3.91. The smallest absolute Gasteiger partial charge is 0.254 e. The van der Waals surface area contributed by atoms with E-state index in [1.807, 2.05) is 13.8 Å². The van der Waals surface area contributed by atoms with Gasteiger partial charge < -0.3 is 15.5 Å². The Morgan fingerprint density at radius 3 is 2.24 bits per heavy atom. The van der Waals surface area contributed by atoms with Gasteiger partial charge in [-0.3, -0.25) is 14.4 Å². The van der Waals surface area contributed by atoms with Crippen LogP contribution in [0.5, 0.6) is 0 Å². The molecule has 1 heterocycles. The lowest BCUT2D eigenvalue weighted by atomic mass is 9.88. The van der Waals surface area contributed by atoms with Gasteiger partial charge in [0.2, 0.25) is 5.91 Å². The molecule has 1 aliphatic rings. The number of hydrogen-bond acceptors (Lipinski definition) is 3. The molecule has 3 rings (SSSR count). The van der Waals surface area contributed by atoms with Crippen molar-refractivity contribution in [3.05, 3.63) is 71.3 Å². The molecule has 2 aromatic carbocycles. The van der Waals surface area contributed by atoms with Crippen LogP contribution in [0.3, 0.4) is 0 Å². The summed E-state index contributed by atoms with van der Waals surface area (Å²) >= 11 is 0. The number of carbonyl (C=O) groups is 3. The van der Waals surface area contributed by atoms with E-state index >= 15 is 0 Å². The third kappa shape index (κ3) is 6.15. The van der Waals surface area contributed by atoms with E-state index in [0.717, 1.165) is 6.42 Å². The van der Waals surface area contributed by atoms with Gasteiger partial charge in [-0.25, -0.2) is 8.78 Å². The van der Waals surface area contributed by atoms with Crippen LogP contribution in [0.15, 0.2) is 48.5 Å². The molecule has 0 aromatic heterocycles. The maximum absolute atomic E-state index is 14.1. The van der Waals surface area contributed by atoms with Crippen molar-refractivity contribution < 1.29 is 23.2 Å². The molecule has 0 saturated carbocycles. The van der Waals surface area contributed by atoms with Gasteiger partial charge in [0.25, 0.3) is 11.8 Å². The highest BCUT2D eigenvalue weighted by Gasteiger charge is 2.35. The largest absolute Gasteiger partial charge is 0.352 e. The Kier molecular flexibility index (Phi) is 8.14. The van der Waals surface area contributed by atoms with Crippen LogP contribution in [-0.4, -0.2) is 47.8 Å². The zero-order valence-corrected chi connectivity index (χ0v) is 18.8. The zero-order valence-electron chi connectivity index (χ0n) is 18.8. The van der Waals surface area contributed by atoms with E-state index < -0.39 is 23.6 Å². The third-order valence-electron chi connectivity index (χ3n) is 6.08. The molecule has 1 fully saturated rings. The quantitative estimate of drug-likeness (QED) is 0.668. The molecule has 0 spiro atoms. The Morgan fingerprint density at radius 2 is 1.64 bits per heavy atom. The molecule has 2 aromatic rings. The molecule has 6 nitrogen and oxygen atoms in total. The Morgan fingerprint density at radius 1 is 1.00 bits per heavy atom. The summed E-state index contributed by atoms with van der Waals surface area (Å²) in [6.45, 7) is 4.60.